The summed E-state index contributed by atoms with van der Waals surface area (Å²) in [4.78, 5) is 0. The smallest absolute Gasteiger partial charge is 0.123 e. The standard InChI is InChI=1S/C14H18O/c1-9(2)6-13(15)14-11(4)7-10(3)8-12(14)5/h6-8,15H,1H2,2-5H3/b13-6-. The van der Waals surface area contributed by atoms with E-state index in [1.807, 2.05) is 20.8 Å². The second-order valence-corrected chi connectivity index (χ2v) is 4.15. The van der Waals surface area contributed by atoms with Gasteiger partial charge in [-0.05, 0) is 44.9 Å². The average Bonchev–Trinajstić information content (AvgIpc) is 1.99. The second-order valence-electron chi connectivity index (χ2n) is 4.15. The minimum absolute atomic E-state index is 0.303. The normalized spacial score (nSPS) is 11.6. The Morgan fingerprint density at radius 2 is 1.67 bits per heavy atom. The molecular weight excluding hydrogens is 184 g/mol. The molecule has 0 heterocycles. The van der Waals surface area contributed by atoms with E-state index in [0.717, 1.165) is 22.3 Å². The summed E-state index contributed by atoms with van der Waals surface area (Å²) in [6.07, 6.45) is 1.70. The summed E-state index contributed by atoms with van der Waals surface area (Å²) in [5, 5.41) is 9.94. The van der Waals surface area contributed by atoms with Gasteiger partial charge in [0.05, 0.1) is 0 Å². The first-order chi connectivity index (χ1) is 6.91. The van der Waals surface area contributed by atoms with Gasteiger partial charge in [0.15, 0.2) is 0 Å². The second kappa shape index (κ2) is 4.35. The highest BCUT2D eigenvalue weighted by Crippen LogP contribution is 2.23. The van der Waals surface area contributed by atoms with E-state index in [2.05, 4.69) is 25.6 Å². The molecule has 1 aromatic rings. The molecule has 1 aromatic carbocycles. The molecule has 80 valence electrons. The number of rotatable bonds is 2. The Kier molecular flexibility index (Phi) is 3.35. The zero-order valence-corrected chi connectivity index (χ0v) is 9.89. The van der Waals surface area contributed by atoms with Gasteiger partial charge < -0.3 is 5.11 Å². The van der Waals surface area contributed by atoms with Crippen molar-refractivity contribution in [2.45, 2.75) is 27.7 Å². The Labute approximate surface area is 91.8 Å². The van der Waals surface area contributed by atoms with Gasteiger partial charge in [-0.25, -0.2) is 0 Å². The van der Waals surface area contributed by atoms with Crippen molar-refractivity contribution in [3.8, 4) is 0 Å². The van der Waals surface area contributed by atoms with Crippen LogP contribution in [0, 0.1) is 20.8 Å². The fourth-order valence-corrected chi connectivity index (χ4v) is 1.89. The zero-order chi connectivity index (χ0) is 11.6. The molecular formula is C14H18O. The highest BCUT2D eigenvalue weighted by atomic mass is 16.3. The molecule has 0 aliphatic rings. The van der Waals surface area contributed by atoms with E-state index in [1.165, 1.54) is 5.56 Å². The summed E-state index contributed by atoms with van der Waals surface area (Å²) < 4.78 is 0. The number of benzene rings is 1. The first-order valence-corrected chi connectivity index (χ1v) is 5.06. The van der Waals surface area contributed by atoms with Gasteiger partial charge in [-0.15, -0.1) is 0 Å². The van der Waals surface area contributed by atoms with Gasteiger partial charge in [-0.2, -0.15) is 0 Å². The van der Waals surface area contributed by atoms with Crippen molar-refractivity contribution < 1.29 is 5.11 Å². The molecule has 0 amide bonds. The van der Waals surface area contributed by atoms with Crippen LogP contribution in [0.15, 0.2) is 30.4 Å². The third-order valence-electron chi connectivity index (χ3n) is 2.32. The number of hydrogen-bond donors (Lipinski definition) is 1. The van der Waals surface area contributed by atoms with Crippen LogP contribution in [-0.4, -0.2) is 5.11 Å². The van der Waals surface area contributed by atoms with Crippen molar-refractivity contribution in [3.63, 3.8) is 0 Å². The van der Waals surface area contributed by atoms with Crippen LogP contribution in [0.1, 0.15) is 29.2 Å². The van der Waals surface area contributed by atoms with E-state index < -0.39 is 0 Å². The van der Waals surface area contributed by atoms with Crippen molar-refractivity contribution in [2.75, 3.05) is 0 Å². The fourth-order valence-electron chi connectivity index (χ4n) is 1.89. The van der Waals surface area contributed by atoms with Crippen molar-refractivity contribution in [2.24, 2.45) is 0 Å². The molecule has 0 aromatic heterocycles. The molecule has 0 bridgehead atoms. The Hall–Kier alpha value is -1.50. The van der Waals surface area contributed by atoms with Crippen LogP contribution in [0.2, 0.25) is 0 Å². The van der Waals surface area contributed by atoms with E-state index in [9.17, 15) is 5.11 Å². The maximum Gasteiger partial charge on any atom is 0.123 e. The Bertz CT molecular complexity index is 402. The molecule has 0 aliphatic carbocycles. The lowest BCUT2D eigenvalue weighted by atomic mass is 9.97. The molecule has 0 radical (unpaired) electrons. The highest BCUT2D eigenvalue weighted by molar-refractivity contribution is 5.67. The van der Waals surface area contributed by atoms with E-state index in [4.69, 9.17) is 0 Å². The summed E-state index contributed by atoms with van der Waals surface area (Å²) in [5.74, 6) is 0.303. The number of aryl methyl sites for hydroxylation is 3. The first-order valence-electron chi connectivity index (χ1n) is 5.06. The summed E-state index contributed by atoms with van der Waals surface area (Å²) in [6, 6.07) is 4.15. The van der Waals surface area contributed by atoms with Gasteiger partial charge in [-0.1, -0.05) is 29.8 Å². The molecule has 0 fully saturated rings. The van der Waals surface area contributed by atoms with Gasteiger partial charge >= 0.3 is 0 Å². The lowest BCUT2D eigenvalue weighted by Crippen LogP contribution is -1.94. The Morgan fingerprint density at radius 1 is 1.20 bits per heavy atom. The van der Waals surface area contributed by atoms with Gasteiger partial charge in [-0.3, -0.25) is 0 Å². The van der Waals surface area contributed by atoms with Crippen LogP contribution in [0.25, 0.3) is 5.76 Å². The quantitative estimate of drug-likeness (QED) is 0.565. The highest BCUT2D eigenvalue weighted by Gasteiger charge is 2.07. The third-order valence-corrected chi connectivity index (χ3v) is 2.32. The largest absolute Gasteiger partial charge is 0.507 e. The van der Waals surface area contributed by atoms with E-state index in [1.54, 1.807) is 6.08 Å². The van der Waals surface area contributed by atoms with E-state index in [-0.39, 0.29) is 0 Å². The van der Waals surface area contributed by atoms with Crippen molar-refractivity contribution in [1.29, 1.82) is 0 Å². The summed E-state index contributed by atoms with van der Waals surface area (Å²) in [5.41, 5.74) is 5.19. The minimum Gasteiger partial charge on any atom is -0.507 e. The monoisotopic (exact) mass is 202 g/mol. The fraction of sp³-hybridized carbons (Fsp3) is 0.286. The summed E-state index contributed by atoms with van der Waals surface area (Å²) >= 11 is 0. The topological polar surface area (TPSA) is 20.2 Å². The van der Waals surface area contributed by atoms with Crippen LogP contribution in [0.5, 0.6) is 0 Å². The molecule has 0 atom stereocenters. The lowest BCUT2D eigenvalue weighted by molar-refractivity contribution is 0.510. The predicted molar refractivity (Wildman–Crippen MR) is 66.1 cm³/mol. The first kappa shape index (κ1) is 11.6. The van der Waals surface area contributed by atoms with Crippen LogP contribution in [0.4, 0.5) is 0 Å². The van der Waals surface area contributed by atoms with Gasteiger partial charge in [0, 0.05) is 5.56 Å². The zero-order valence-electron chi connectivity index (χ0n) is 9.89. The van der Waals surface area contributed by atoms with E-state index >= 15 is 0 Å². The summed E-state index contributed by atoms with van der Waals surface area (Å²) in [6.45, 7) is 11.7. The van der Waals surface area contributed by atoms with Crippen molar-refractivity contribution in [1.82, 2.24) is 0 Å². The summed E-state index contributed by atoms with van der Waals surface area (Å²) in [7, 11) is 0. The lowest BCUT2D eigenvalue weighted by Gasteiger charge is -2.10. The molecule has 0 aliphatic heterocycles. The number of aliphatic hydroxyl groups is 1. The SMILES string of the molecule is C=C(C)/C=C(\O)c1c(C)cc(C)cc1C. The molecule has 1 nitrogen and oxygen atoms in total. The molecule has 1 rings (SSSR count). The number of hydrogen-bond acceptors (Lipinski definition) is 1. The van der Waals surface area contributed by atoms with Crippen LogP contribution in [-0.2, 0) is 0 Å². The average molecular weight is 202 g/mol. The van der Waals surface area contributed by atoms with E-state index in [0.29, 0.717) is 5.76 Å². The maximum absolute atomic E-state index is 9.94. The van der Waals surface area contributed by atoms with Crippen LogP contribution >= 0.6 is 0 Å². The third kappa shape index (κ3) is 2.72. The van der Waals surface area contributed by atoms with Gasteiger partial charge in [0.2, 0.25) is 0 Å². The minimum atomic E-state index is 0.303. The molecule has 1 N–H and O–H groups in total. The Balaban J connectivity index is 3.32. The molecule has 0 unspecified atom stereocenters. The molecule has 0 saturated carbocycles. The molecule has 0 saturated heterocycles. The maximum atomic E-state index is 9.94. The van der Waals surface area contributed by atoms with Crippen molar-refractivity contribution in [3.05, 3.63) is 52.6 Å². The molecule has 1 heteroatoms. The molecule has 15 heavy (non-hydrogen) atoms. The Morgan fingerprint density at radius 3 is 2.07 bits per heavy atom. The predicted octanol–water partition coefficient (Wildman–Crippen LogP) is 4.09. The molecule has 0 spiro atoms. The van der Waals surface area contributed by atoms with Crippen LogP contribution < -0.4 is 0 Å². The number of allylic oxidation sites excluding steroid dienone is 2. The van der Waals surface area contributed by atoms with Crippen LogP contribution in [0.3, 0.4) is 0 Å². The van der Waals surface area contributed by atoms with Crippen molar-refractivity contribution >= 4 is 5.76 Å². The van der Waals surface area contributed by atoms with Gasteiger partial charge in [0.25, 0.3) is 0 Å². The van der Waals surface area contributed by atoms with Gasteiger partial charge in [0.1, 0.15) is 5.76 Å². The number of aliphatic hydroxyl groups excluding tert-OH is 1.